The van der Waals surface area contributed by atoms with Crippen LogP contribution in [0.4, 0.5) is 4.79 Å². The van der Waals surface area contributed by atoms with Crippen LogP contribution in [0.25, 0.3) is 0 Å². The van der Waals surface area contributed by atoms with Crippen molar-refractivity contribution < 1.29 is 13.2 Å². The number of urea groups is 1. The van der Waals surface area contributed by atoms with Gasteiger partial charge in [0.25, 0.3) is 0 Å². The van der Waals surface area contributed by atoms with E-state index in [4.69, 9.17) is 5.14 Å². The van der Waals surface area contributed by atoms with Crippen LogP contribution >= 0.6 is 0 Å². The van der Waals surface area contributed by atoms with Crippen LogP contribution in [0.5, 0.6) is 0 Å². The molecule has 1 fully saturated rings. The van der Waals surface area contributed by atoms with Crippen LogP contribution in [-0.4, -0.2) is 69.3 Å². The van der Waals surface area contributed by atoms with Crippen molar-refractivity contribution in [3.63, 3.8) is 0 Å². The molecule has 8 heteroatoms. The number of nitrogens with one attached hydrogen (secondary N) is 1. The van der Waals surface area contributed by atoms with E-state index < -0.39 is 10.0 Å². The Hall–Kier alpha value is -0.860. The maximum atomic E-state index is 11.9. The van der Waals surface area contributed by atoms with E-state index in [1.807, 2.05) is 4.90 Å². The average Bonchev–Trinajstić information content (AvgIpc) is 2.41. The van der Waals surface area contributed by atoms with E-state index >= 15 is 0 Å². The van der Waals surface area contributed by atoms with Gasteiger partial charge >= 0.3 is 6.03 Å². The van der Waals surface area contributed by atoms with Gasteiger partial charge in [-0.3, -0.25) is 4.90 Å². The molecule has 1 heterocycles. The van der Waals surface area contributed by atoms with E-state index in [-0.39, 0.29) is 11.8 Å². The molecule has 0 aliphatic carbocycles. The van der Waals surface area contributed by atoms with Gasteiger partial charge in [0.15, 0.2) is 0 Å². The van der Waals surface area contributed by atoms with Gasteiger partial charge in [-0.15, -0.1) is 0 Å². The smallest absolute Gasteiger partial charge is 0.317 e. The number of carbonyl (C=O) groups excluding carboxylic acids is 1. The Labute approximate surface area is 121 Å². The summed E-state index contributed by atoms with van der Waals surface area (Å²) < 4.78 is 21.8. The number of nitrogens with zero attached hydrogens (tertiary/aromatic N) is 2. The van der Waals surface area contributed by atoms with Gasteiger partial charge in [0, 0.05) is 39.3 Å². The van der Waals surface area contributed by atoms with Crippen molar-refractivity contribution >= 4 is 16.1 Å². The van der Waals surface area contributed by atoms with Crippen molar-refractivity contribution in [3.05, 3.63) is 0 Å². The SMILES string of the molecule is CCCCCNC(=O)N1CCN(CCS(N)(=O)=O)CC1. The van der Waals surface area contributed by atoms with E-state index in [0.29, 0.717) is 32.7 Å². The van der Waals surface area contributed by atoms with Crippen LogP contribution in [0.2, 0.25) is 0 Å². The summed E-state index contributed by atoms with van der Waals surface area (Å²) in [6, 6.07) is -0.0211. The second kappa shape index (κ2) is 8.43. The number of carbonyl (C=O) groups is 1. The zero-order chi connectivity index (χ0) is 15.0. The van der Waals surface area contributed by atoms with Crippen molar-refractivity contribution in [3.8, 4) is 0 Å². The lowest BCUT2D eigenvalue weighted by molar-refractivity contribution is 0.143. The molecule has 0 aromatic heterocycles. The average molecular weight is 306 g/mol. The summed E-state index contributed by atoms with van der Waals surface area (Å²) in [6.07, 6.45) is 3.27. The van der Waals surface area contributed by atoms with Gasteiger partial charge in [-0.1, -0.05) is 19.8 Å². The Morgan fingerprint density at radius 1 is 1.20 bits per heavy atom. The molecule has 0 bridgehead atoms. The third-order valence-electron chi connectivity index (χ3n) is 3.41. The number of nitrogens with two attached hydrogens (primary N) is 1. The molecule has 118 valence electrons. The summed E-state index contributed by atoms with van der Waals surface area (Å²) in [5.41, 5.74) is 0. The Bertz CT molecular complexity index is 392. The molecule has 1 rings (SSSR count). The highest BCUT2D eigenvalue weighted by molar-refractivity contribution is 7.89. The third-order valence-corrected chi connectivity index (χ3v) is 4.16. The summed E-state index contributed by atoms with van der Waals surface area (Å²) in [7, 11) is -3.41. The first-order valence-corrected chi connectivity index (χ1v) is 8.89. The zero-order valence-electron chi connectivity index (χ0n) is 12.2. The summed E-state index contributed by atoms with van der Waals surface area (Å²) in [4.78, 5) is 15.7. The first-order chi connectivity index (χ1) is 9.42. The van der Waals surface area contributed by atoms with Gasteiger partial charge in [0.1, 0.15) is 0 Å². The Kier molecular flexibility index (Phi) is 7.25. The van der Waals surface area contributed by atoms with Crippen molar-refractivity contribution in [2.24, 2.45) is 5.14 Å². The van der Waals surface area contributed by atoms with Crippen molar-refractivity contribution in [2.75, 3.05) is 45.0 Å². The fraction of sp³-hybridized carbons (Fsp3) is 0.917. The van der Waals surface area contributed by atoms with Crippen LogP contribution in [0, 0.1) is 0 Å². The second-order valence-corrected chi connectivity index (χ2v) is 6.87. The molecule has 0 atom stereocenters. The predicted octanol–water partition coefficient (Wildman–Crippen LogP) is -0.208. The molecule has 0 aromatic carbocycles. The fourth-order valence-corrected chi connectivity index (χ4v) is 2.63. The van der Waals surface area contributed by atoms with Gasteiger partial charge in [-0.2, -0.15) is 0 Å². The predicted molar refractivity (Wildman–Crippen MR) is 78.9 cm³/mol. The maximum Gasteiger partial charge on any atom is 0.317 e. The molecule has 1 aliphatic rings. The Balaban J connectivity index is 2.19. The minimum Gasteiger partial charge on any atom is -0.338 e. The van der Waals surface area contributed by atoms with Crippen LogP contribution in [0.15, 0.2) is 0 Å². The molecule has 2 amide bonds. The van der Waals surface area contributed by atoms with Gasteiger partial charge in [0.2, 0.25) is 10.0 Å². The van der Waals surface area contributed by atoms with Gasteiger partial charge in [0.05, 0.1) is 5.75 Å². The quantitative estimate of drug-likeness (QED) is 0.636. The number of primary sulfonamides is 1. The Morgan fingerprint density at radius 2 is 1.85 bits per heavy atom. The van der Waals surface area contributed by atoms with Crippen molar-refractivity contribution in [2.45, 2.75) is 26.2 Å². The zero-order valence-corrected chi connectivity index (χ0v) is 13.0. The summed E-state index contributed by atoms with van der Waals surface area (Å²) in [6.45, 7) is 5.93. The number of piperazine rings is 1. The van der Waals surface area contributed by atoms with E-state index in [1.165, 1.54) is 0 Å². The number of amides is 2. The molecule has 0 saturated carbocycles. The highest BCUT2D eigenvalue weighted by Crippen LogP contribution is 2.02. The van der Waals surface area contributed by atoms with Gasteiger partial charge < -0.3 is 10.2 Å². The standard InChI is InChI=1S/C12H26N4O3S/c1-2-3-4-5-14-12(17)16-8-6-15(7-9-16)10-11-20(13,18)19/h2-11H2,1H3,(H,14,17)(H2,13,18,19). The second-order valence-electron chi connectivity index (χ2n) is 5.13. The minimum atomic E-state index is -3.41. The lowest BCUT2D eigenvalue weighted by Crippen LogP contribution is -2.52. The van der Waals surface area contributed by atoms with E-state index in [2.05, 4.69) is 12.2 Å². The lowest BCUT2D eigenvalue weighted by Gasteiger charge is -2.34. The van der Waals surface area contributed by atoms with Crippen LogP contribution in [0.1, 0.15) is 26.2 Å². The molecule has 0 spiro atoms. The first-order valence-electron chi connectivity index (χ1n) is 7.18. The highest BCUT2D eigenvalue weighted by atomic mass is 32.2. The fourth-order valence-electron chi connectivity index (χ4n) is 2.11. The van der Waals surface area contributed by atoms with Gasteiger partial charge in [-0.25, -0.2) is 18.4 Å². The third kappa shape index (κ3) is 7.06. The topological polar surface area (TPSA) is 95.7 Å². The largest absolute Gasteiger partial charge is 0.338 e. The number of hydrogen-bond donors (Lipinski definition) is 2. The molecule has 20 heavy (non-hydrogen) atoms. The normalized spacial score (nSPS) is 17.2. The maximum absolute atomic E-state index is 11.9. The van der Waals surface area contributed by atoms with Crippen LogP contribution in [-0.2, 0) is 10.0 Å². The lowest BCUT2D eigenvalue weighted by atomic mass is 10.2. The molecule has 1 saturated heterocycles. The van der Waals surface area contributed by atoms with E-state index in [9.17, 15) is 13.2 Å². The van der Waals surface area contributed by atoms with E-state index in [1.54, 1.807) is 4.90 Å². The number of unbranched alkanes of at least 4 members (excludes halogenated alkanes) is 2. The summed E-state index contributed by atoms with van der Waals surface area (Å²) >= 11 is 0. The highest BCUT2D eigenvalue weighted by Gasteiger charge is 2.21. The Morgan fingerprint density at radius 3 is 2.40 bits per heavy atom. The molecule has 7 nitrogen and oxygen atoms in total. The number of sulfonamides is 1. The molecular weight excluding hydrogens is 280 g/mol. The van der Waals surface area contributed by atoms with E-state index in [0.717, 1.165) is 25.8 Å². The molecule has 3 N–H and O–H groups in total. The summed E-state index contributed by atoms with van der Waals surface area (Å²) in [5, 5.41) is 7.89. The van der Waals surface area contributed by atoms with Crippen LogP contribution in [0.3, 0.4) is 0 Å². The number of hydrogen-bond acceptors (Lipinski definition) is 4. The van der Waals surface area contributed by atoms with Crippen molar-refractivity contribution in [1.82, 2.24) is 15.1 Å². The molecular formula is C12H26N4O3S. The molecule has 0 aromatic rings. The summed E-state index contributed by atoms with van der Waals surface area (Å²) in [5.74, 6) is -0.0315. The molecule has 0 radical (unpaired) electrons. The monoisotopic (exact) mass is 306 g/mol. The molecule has 0 unspecified atom stereocenters. The molecule has 1 aliphatic heterocycles. The van der Waals surface area contributed by atoms with Crippen molar-refractivity contribution in [1.29, 1.82) is 0 Å². The first kappa shape index (κ1) is 17.2. The number of rotatable bonds is 7. The van der Waals surface area contributed by atoms with Gasteiger partial charge in [-0.05, 0) is 6.42 Å². The van der Waals surface area contributed by atoms with Crippen LogP contribution < -0.4 is 10.5 Å². The minimum absolute atomic E-state index is 0.0211.